The number of benzene rings is 1. The van der Waals surface area contributed by atoms with Crippen molar-refractivity contribution in [3.05, 3.63) is 35.5 Å². The Morgan fingerprint density at radius 1 is 1.16 bits per heavy atom. The molecule has 0 bridgehead atoms. The molecule has 0 aliphatic carbocycles. The lowest BCUT2D eigenvalue weighted by Gasteiger charge is -2.04. The molecule has 2 N–H and O–H groups in total. The fraction of sp³-hybridized carbons (Fsp3) is 0.143. The van der Waals surface area contributed by atoms with Gasteiger partial charge in [0.25, 0.3) is 0 Å². The largest absolute Gasteiger partial charge is 0.497 e. The highest BCUT2D eigenvalue weighted by atomic mass is 32.1. The Labute approximate surface area is 114 Å². The molecule has 5 heteroatoms. The normalized spacial score (nSPS) is 10.8. The van der Waals surface area contributed by atoms with E-state index in [0.717, 1.165) is 27.1 Å². The maximum atomic E-state index is 6.03. The molecule has 0 aliphatic heterocycles. The molecule has 3 aromatic rings. The number of methoxy groups -OCH3 is 1. The molecule has 2 aromatic heterocycles. The van der Waals surface area contributed by atoms with Gasteiger partial charge < -0.3 is 10.5 Å². The first kappa shape index (κ1) is 11.9. The van der Waals surface area contributed by atoms with Crippen LogP contribution < -0.4 is 10.5 Å². The number of anilines is 1. The highest BCUT2D eigenvalue weighted by Crippen LogP contribution is 2.36. The van der Waals surface area contributed by atoms with Crippen LogP contribution in [0.2, 0.25) is 0 Å². The van der Waals surface area contributed by atoms with Gasteiger partial charge in [-0.15, -0.1) is 11.3 Å². The average Bonchev–Trinajstić information content (AvgIpc) is 2.83. The van der Waals surface area contributed by atoms with Crippen LogP contribution in [0.4, 0.5) is 5.82 Å². The molecule has 0 saturated heterocycles. The first-order valence-corrected chi connectivity index (χ1v) is 6.72. The summed E-state index contributed by atoms with van der Waals surface area (Å²) >= 11 is 1.58. The third-order valence-corrected chi connectivity index (χ3v) is 3.85. The van der Waals surface area contributed by atoms with E-state index in [1.54, 1.807) is 18.4 Å². The van der Waals surface area contributed by atoms with Gasteiger partial charge in [0.15, 0.2) is 0 Å². The van der Waals surface area contributed by atoms with Crippen molar-refractivity contribution in [2.24, 2.45) is 0 Å². The minimum atomic E-state index is 0.537. The zero-order chi connectivity index (χ0) is 13.4. The summed E-state index contributed by atoms with van der Waals surface area (Å²) < 4.78 is 5.17. The topological polar surface area (TPSA) is 61.0 Å². The Hall–Kier alpha value is -2.14. The van der Waals surface area contributed by atoms with E-state index >= 15 is 0 Å². The number of hydrogen-bond donors (Lipinski definition) is 1. The number of nitrogen functional groups attached to an aromatic ring is 1. The van der Waals surface area contributed by atoms with E-state index in [0.29, 0.717) is 11.6 Å². The van der Waals surface area contributed by atoms with Gasteiger partial charge in [0.05, 0.1) is 12.5 Å². The van der Waals surface area contributed by atoms with Crippen LogP contribution in [0, 0.1) is 6.92 Å². The average molecular weight is 271 g/mol. The number of ether oxygens (including phenoxy) is 1. The zero-order valence-corrected chi connectivity index (χ0v) is 11.5. The number of nitrogens with zero attached hydrogens (tertiary/aromatic N) is 2. The lowest BCUT2D eigenvalue weighted by Crippen LogP contribution is -1.96. The molecule has 0 spiro atoms. The second-order valence-electron chi connectivity index (χ2n) is 4.21. The summed E-state index contributed by atoms with van der Waals surface area (Å²) in [5.41, 5.74) is 8.19. The van der Waals surface area contributed by atoms with E-state index in [-0.39, 0.29) is 0 Å². The first-order chi connectivity index (χ1) is 9.19. The van der Waals surface area contributed by atoms with Crippen LogP contribution in [0.25, 0.3) is 21.3 Å². The van der Waals surface area contributed by atoms with Crippen LogP contribution in [-0.4, -0.2) is 17.1 Å². The minimum Gasteiger partial charge on any atom is -0.497 e. The van der Waals surface area contributed by atoms with Gasteiger partial charge in [-0.2, -0.15) is 0 Å². The molecule has 0 amide bonds. The number of fused-ring (bicyclic) bond motifs is 1. The molecule has 0 aliphatic rings. The summed E-state index contributed by atoms with van der Waals surface area (Å²) in [5.74, 6) is 2.08. The fourth-order valence-electron chi connectivity index (χ4n) is 2.06. The third kappa shape index (κ3) is 2.02. The van der Waals surface area contributed by atoms with Crippen molar-refractivity contribution in [2.75, 3.05) is 12.8 Å². The summed E-state index contributed by atoms with van der Waals surface area (Å²) in [4.78, 5) is 9.59. The zero-order valence-electron chi connectivity index (χ0n) is 10.7. The van der Waals surface area contributed by atoms with E-state index in [4.69, 9.17) is 10.5 Å². The standard InChI is InChI=1S/C14H13N3OS/c1-8-16-13(15)12-11(7-19-14(12)17-8)9-3-5-10(18-2)6-4-9/h3-7H,1-2H3,(H2,15,16,17). The lowest BCUT2D eigenvalue weighted by molar-refractivity contribution is 0.415. The van der Waals surface area contributed by atoms with E-state index in [1.165, 1.54) is 0 Å². The minimum absolute atomic E-state index is 0.537. The van der Waals surface area contributed by atoms with E-state index < -0.39 is 0 Å². The maximum absolute atomic E-state index is 6.03. The quantitative estimate of drug-likeness (QED) is 0.777. The predicted octanol–water partition coefficient (Wildman–Crippen LogP) is 3.26. The van der Waals surface area contributed by atoms with Gasteiger partial charge in [0.2, 0.25) is 0 Å². The molecule has 1 aromatic carbocycles. The molecule has 19 heavy (non-hydrogen) atoms. The Morgan fingerprint density at radius 2 is 1.89 bits per heavy atom. The van der Waals surface area contributed by atoms with Crippen molar-refractivity contribution < 1.29 is 4.74 Å². The Morgan fingerprint density at radius 3 is 2.58 bits per heavy atom. The molecule has 2 heterocycles. The third-order valence-electron chi connectivity index (χ3n) is 2.97. The van der Waals surface area contributed by atoms with Gasteiger partial charge in [0, 0.05) is 10.9 Å². The summed E-state index contributed by atoms with van der Waals surface area (Å²) in [6, 6.07) is 7.90. The van der Waals surface area contributed by atoms with Crippen LogP contribution in [0.3, 0.4) is 0 Å². The highest BCUT2D eigenvalue weighted by molar-refractivity contribution is 7.17. The Balaban J connectivity index is 2.19. The fourth-order valence-corrected chi connectivity index (χ4v) is 3.06. The van der Waals surface area contributed by atoms with Crippen molar-refractivity contribution in [3.63, 3.8) is 0 Å². The Kier molecular flexibility index (Phi) is 2.83. The van der Waals surface area contributed by atoms with Crippen molar-refractivity contribution >= 4 is 27.4 Å². The molecular weight excluding hydrogens is 258 g/mol. The van der Waals surface area contributed by atoms with E-state index in [2.05, 4.69) is 15.3 Å². The van der Waals surface area contributed by atoms with Crippen molar-refractivity contribution in [1.82, 2.24) is 9.97 Å². The molecule has 4 nitrogen and oxygen atoms in total. The molecule has 0 atom stereocenters. The van der Waals surface area contributed by atoms with Crippen LogP contribution in [0.5, 0.6) is 5.75 Å². The number of rotatable bonds is 2. The Bertz CT molecular complexity index is 734. The molecule has 3 rings (SSSR count). The van der Waals surface area contributed by atoms with Gasteiger partial charge in [-0.05, 0) is 24.6 Å². The second kappa shape index (κ2) is 4.51. The summed E-state index contributed by atoms with van der Waals surface area (Å²) in [6.07, 6.45) is 0. The second-order valence-corrected chi connectivity index (χ2v) is 5.07. The number of thiophene rings is 1. The summed E-state index contributed by atoms with van der Waals surface area (Å²) in [7, 11) is 1.66. The number of nitrogens with two attached hydrogens (primary N) is 1. The SMILES string of the molecule is COc1ccc(-c2csc3nc(C)nc(N)c23)cc1. The van der Waals surface area contributed by atoms with Crippen LogP contribution in [0.1, 0.15) is 5.82 Å². The molecule has 0 fully saturated rings. The number of aromatic nitrogens is 2. The smallest absolute Gasteiger partial charge is 0.136 e. The van der Waals surface area contributed by atoms with E-state index in [1.807, 2.05) is 31.2 Å². The molecule has 96 valence electrons. The maximum Gasteiger partial charge on any atom is 0.136 e. The van der Waals surface area contributed by atoms with Crippen LogP contribution in [-0.2, 0) is 0 Å². The molecular formula is C14H13N3OS. The van der Waals surface area contributed by atoms with Crippen molar-refractivity contribution in [1.29, 1.82) is 0 Å². The number of hydrogen-bond acceptors (Lipinski definition) is 5. The monoisotopic (exact) mass is 271 g/mol. The number of aryl methyl sites for hydroxylation is 1. The van der Waals surface area contributed by atoms with Crippen molar-refractivity contribution in [2.45, 2.75) is 6.92 Å². The highest BCUT2D eigenvalue weighted by Gasteiger charge is 2.12. The van der Waals surface area contributed by atoms with Crippen molar-refractivity contribution in [3.8, 4) is 16.9 Å². The molecule has 0 unspecified atom stereocenters. The van der Waals surface area contributed by atoms with Gasteiger partial charge in [-0.1, -0.05) is 12.1 Å². The van der Waals surface area contributed by atoms with Gasteiger partial charge in [-0.25, -0.2) is 9.97 Å². The summed E-state index contributed by atoms with van der Waals surface area (Å²) in [5, 5.41) is 3.00. The van der Waals surface area contributed by atoms with Gasteiger partial charge >= 0.3 is 0 Å². The van der Waals surface area contributed by atoms with Crippen LogP contribution >= 0.6 is 11.3 Å². The van der Waals surface area contributed by atoms with Gasteiger partial charge in [0.1, 0.15) is 22.2 Å². The van der Waals surface area contributed by atoms with Gasteiger partial charge in [-0.3, -0.25) is 0 Å². The predicted molar refractivity (Wildman–Crippen MR) is 78.6 cm³/mol. The van der Waals surface area contributed by atoms with Crippen LogP contribution in [0.15, 0.2) is 29.6 Å². The lowest BCUT2D eigenvalue weighted by atomic mass is 10.1. The molecule has 0 saturated carbocycles. The van der Waals surface area contributed by atoms with E-state index in [9.17, 15) is 0 Å². The first-order valence-electron chi connectivity index (χ1n) is 5.85. The summed E-state index contributed by atoms with van der Waals surface area (Å²) in [6.45, 7) is 1.85. The molecule has 0 radical (unpaired) electrons.